The zero-order valence-electron chi connectivity index (χ0n) is 26.4. The molecule has 3 nitrogen and oxygen atoms in total. The van der Waals surface area contributed by atoms with Gasteiger partial charge >= 0.3 is 279 Å². The van der Waals surface area contributed by atoms with Crippen LogP contribution in [0, 0.1) is 0 Å². The molecular weight excluding hydrogens is 631 g/mol. The number of benzene rings is 5. The summed E-state index contributed by atoms with van der Waals surface area (Å²) in [5, 5.41) is 2.51. The summed E-state index contributed by atoms with van der Waals surface area (Å²) in [6, 6.07) is 55.8. The summed E-state index contributed by atoms with van der Waals surface area (Å²) in [4.78, 5) is 9.87. The number of hydrogen-bond donors (Lipinski definition) is 0. The van der Waals surface area contributed by atoms with Crippen LogP contribution in [0.15, 0.2) is 164 Å². The van der Waals surface area contributed by atoms with E-state index >= 15 is 0 Å². The second-order valence-corrected chi connectivity index (χ2v) is 20.7. The Kier molecular flexibility index (Phi) is 6.34. The van der Waals surface area contributed by atoms with Gasteiger partial charge in [-0.15, -0.1) is 0 Å². The zero-order chi connectivity index (χ0) is 31.6. The Hall–Kier alpha value is -5.26. The van der Waals surface area contributed by atoms with Crippen molar-refractivity contribution in [3.63, 3.8) is 0 Å². The normalized spacial score (nSPS) is 14.5. The van der Waals surface area contributed by atoms with Crippen LogP contribution in [0.25, 0.3) is 38.8 Å². The number of para-hydroxylation sites is 1. The molecule has 1 aliphatic heterocycles. The standard InChI is InChI=1S/C43H33GeN3/c1-43(2)35-17-4-6-19-37(35)44(42-23-10-12-27-46-42,38-20-7-5-18-36(38)43)31-24-25-34-33-16-3-8-22-40(33)47(41(34)29-31)32-15-13-14-30(28-32)39-21-9-11-26-45-39/h3-29H,1-2H3. The predicted molar refractivity (Wildman–Crippen MR) is 198 cm³/mol. The van der Waals surface area contributed by atoms with Crippen molar-refractivity contribution < 1.29 is 0 Å². The fourth-order valence-corrected chi connectivity index (χ4v) is 19.4. The van der Waals surface area contributed by atoms with E-state index in [-0.39, 0.29) is 5.41 Å². The van der Waals surface area contributed by atoms with Gasteiger partial charge in [0.05, 0.1) is 0 Å². The molecule has 224 valence electrons. The molecule has 47 heavy (non-hydrogen) atoms. The Balaban J connectivity index is 1.40. The van der Waals surface area contributed by atoms with E-state index in [0.717, 1.165) is 16.9 Å². The van der Waals surface area contributed by atoms with Crippen molar-refractivity contribution in [1.82, 2.24) is 14.5 Å². The maximum absolute atomic E-state index is 5.21. The number of hydrogen-bond acceptors (Lipinski definition) is 2. The van der Waals surface area contributed by atoms with Crippen molar-refractivity contribution in [2.75, 3.05) is 0 Å². The van der Waals surface area contributed by atoms with E-state index in [1.54, 1.807) is 0 Å². The van der Waals surface area contributed by atoms with Crippen LogP contribution in [0.4, 0.5) is 0 Å². The van der Waals surface area contributed by atoms with Crippen molar-refractivity contribution in [2.24, 2.45) is 0 Å². The molecule has 0 fully saturated rings. The third-order valence-corrected chi connectivity index (χ3v) is 20.2. The summed E-state index contributed by atoms with van der Waals surface area (Å²) in [5.74, 6) is 0. The van der Waals surface area contributed by atoms with E-state index in [0.29, 0.717) is 0 Å². The molecule has 0 unspecified atom stereocenters. The molecule has 0 amide bonds. The van der Waals surface area contributed by atoms with E-state index in [1.165, 1.54) is 50.6 Å². The summed E-state index contributed by atoms with van der Waals surface area (Å²) in [5.41, 5.74) is 8.30. The van der Waals surface area contributed by atoms with Gasteiger partial charge in [-0.3, -0.25) is 0 Å². The van der Waals surface area contributed by atoms with Gasteiger partial charge in [0.15, 0.2) is 0 Å². The Morgan fingerprint density at radius 1 is 0.532 bits per heavy atom. The number of aromatic nitrogens is 3. The van der Waals surface area contributed by atoms with Crippen molar-refractivity contribution in [3.05, 3.63) is 175 Å². The average Bonchev–Trinajstić information content (AvgIpc) is 3.47. The molecule has 3 aromatic heterocycles. The molecule has 0 saturated carbocycles. The summed E-state index contributed by atoms with van der Waals surface area (Å²) in [6.07, 6.45) is 3.84. The molecule has 0 spiro atoms. The van der Waals surface area contributed by atoms with E-state index in [1.807, 2.05) is 30.6 Å². The van der Waals surface area contributed by atoms with Gasteiger partial charge in [-0.05, 0) is 0 Å². The minimum absolute atomic E-state index is 0.123. The molecular formula is C43H33GeN3. The molecule has 4 heterocycles. The van der Waals surface area contributed by atoms with Crippen molar-refractivity contribution >= 4 is 52.8 Å². The van der Waals surface area contributed by atoms with Crippen LogP contribution in [0.3, 0.4) is 0 Å². The van der Waals surface area contributed by atoms with Crippen LogP contribution in [-0.4, -0.2) is 27.8 Å². The van der Waals surface area contributed by atoms with Gasteiger partial charge in [0.25, 0.3) is 0 Å². The molecule has 0 radical (unpaired) electrons. The molecule has 9 rings (SSSR count). The first-order valence-corrected chi connectivity index (χ1v) is 20.4. The monoisotopic (exact) mass is 665 g/mol. The van der Waals surface area contributed by atoms with Gasteiger partial charge in [0, 0.05) is 0 Å². The van der Waals surface area contributed by atoms with Crippen molar-refractivity contribution in [3.8, 4) is 16.9 Å². The number of fused-ring (bicyclic) bond motifs is 5. The summed E-state index contributed by atoms with van der Waals surface area (Å²) >= 11 is -3.64. The molecule has 5 aromatic carbocycles. The molecule has 0 saturated heterocycles. The first kappa shape index (κ1) is 28.0. The third-order valence-electron chi connectivity index (χ3n) is 10.2. The van der Waals surface area contributed by atoms with E-state index in [9.17, 15) is 0 Å². The molecule has 0 bridgehead atoms. The van der Waals surface area contributed by atoms with Gasteiger partial charge in [0.1, 0.15) is 0 Å². The predicted octanol–water partition coefficient (Wildman–Crippen LogP) is 7.26. The second kappa shape index (κ2) is 10.6. The van der Waals surface area contributed by atoms with Gasteiger partial charge in [-0.25, -0.2) is 0 Å². The number of nitrogens with zero attached hydrogens (tertiary/aromatic N) is 3. The van der Waals surface area contributed by atoms with Gasteiger partial charge in [-0.1, -0.05) is 0 Å². The van der Waals surface area contributed by atoms with Crippen molar-refractivity contribution in [2.45, 2.75) is 19.3 Å². The van der Waals surface area contributed by atoms with Gasteiger partial charge in [0.2, 0.25) is 0 Å². The summed E-state index contributed by atoms with van der Waals surface area (Å²) in [7, 11) is 0. The van der Waals surface area contributed by atoms with Gasteiger partial charge in [-0.2, -0.15) is 0 Å². The Morgan fingerprint density at radius 3 is 1.91 bits per heavy atom. The van der Waals surface area contributed by atoms with E-state index < -0.39 is 13.3 Å². The fourth-order valence-electron chi connectivity index (χ4n) is 8.14. The van der Waals surface area contributed by atoms with Crippen LogP contribution in [0.5, 0.6) is 0 Å². The average molecular weight is 664 g/mol. The Labute approximate surface area is 277 Å². The number of pyridine rings is 2. The summed E-state index contributed by atoms with van der Waals surface area (Å²) in [6.45, 7) is 4.76. The van der Waals surface area contributed by atoms with E-state index in [4.69, 9.17) is 4.98 Å². The van der Waals surface area contributed by atoms with Crippen molar-refractivity contribution in [1.29, 1.82) is 0 Å². The molecule has 0 atom stereocenters. The first-order valence-electron chi connectivity index (χ1n) is 16.3. The van der Waals surface area contributed by atoms with Crippen LogP contribution in [-0.2, 0) is 5.41 Å². The maximum atomic E-state index is 5.21. The van der Waals surface area contributed by atoms with Crippen LogP contribution < -0.4 is 17.7 Å². The van der Waals surface area contributed by atoms with Gasteiger partial charge < -0.3 is 0 Å². The van der Waals surface area contributed by atoms with Crippen LogP contribution >= 0.6 is 0 Å². The number of rotatable bonds is 4. The SMILES string of the molecule is CC1(C)c2cccc[c]2[Ge]([c]2ccc3c4ccccc4n(-c4cccc(-c5ccccn5)c4)c3c2)([c]2ccccn2)[c]2ccccc21. The molecule has 4 heteroatoms. The minimum atomic E-state index is -3.64. The Morgan fingerprint density at radius 2 is 1.19 bits per heavy atom. The van der Waals surface area contributed by atoms with E-state index in [2.05, 4.69) is 157 Å². The summed E-state index contributed by atoms with van der Waals surface area (Å²) < 4.78 is 7.97. The third kappa shape index (κ3) is 4.06. The zero-order valence-corrected chi connectivity index (χ0v) is 28.5. The molecule has 0 N–H and O–H groups in total. The molecule has 1 aliphatic rings. The Bertz CT molecular complexity index is 2390. The van der Waals surface area contributed by atoms with Crippen LogP contribution in [0.1, 0.15) is 25.0 Å². The topological polar surface area (TPSA) is 30.7 Å². The van der Waals surface area contributed by atoms with Crippen LogP contribution in [0.2, 0.25) is 0 Å². The quantitative estimate of drug-likeness (QED) is 0.186. The molecule has 0 aliphatic carbocycles. The fraction of sp³-hybridized carbons (Fsp3) is 0.0698. The second-order valence-electron chi connectivity index (χ2n) is 13.0. The molecule has 8 aromatic rings. The first-order chi connectivity index (χ1) is 23.1.